The maximum absolute atomic E-state index is 4.84. The average molecular weight is 333 g/mol. The summed E-state index contributed by atoms with van der Waals surface area (Å²) in [7, 11) is 0. The van der Waals surface area contributed by atoms with E-state index < -0.39 is 5.54 Å². The molecule has 128 valence electrons. The molecule has 1 aromatic heterocycles. The molecule has 5 nitrogen and oxygen atoms in total. The van der Waals surface area contributed by atoms with E-state index in [1.807, 2.05) is 47.3 Å². The number of aliphatic imine (C=N–C) groups is 1. The van der Waals surface area contributed by atoms with Gasteiger partial charge in [0, 0.05) is 6.21 Å². The zero-order valence-electron chi connectivity index (χ0n) is 15.1. The summed E-state index contributed by atoms with van der Waals surface area (Å²) < 4.78 is 1.83. The van der Waals surface area contributed by atoms with E-state index in [4.69, 9.17) is 4.99 Å². The van der Waals surface area contributed by atoms with Crippen LogP contribution in [-0.2, 0) is 5.54 Å². The van der Waals surface area contributed by atoms with Gasteiger partial charge in [-0.2, -0.15) is 4.68 Å². The second kappa shape index (κ2) is 6.97. The fourth-order valence-electron chi connectivity index (χ4n) is 2.88. The molecular weight excluding hydrogens is 310 g/mol. The minimum absolute atomic E-state index is 0.506. The molecule has 0 aliphatic carbocycles. The molecule has 0 N–H and O–H groups in total. The molecule has 3 aromatic rings. The molecule has 0 amide bonds. The van der Waals surface area contributed by atoms with Gasteiger partial charge in [0.25, 0.3) is 0 Å². The molecule has 0 aliphatic rings. The molecule has 1 atom stereocenters. The second-order valence-corrected chi connectivity index (χ2v) is 6.45. The molecule has 0 radical (unpaired) electrons. The first kappa shape index (κ1) is 17.0. The van der Waals surface area contributed by atoms with E-state index in [0.717, 1.165) is 34.6 Å². The van der Waals surface area contributed by atoms with Crippen LogP contribution in [0.1, 0.15) is 42.8 Å². The minimum Gasteiger partial charge on any atom is -0.278 e. The predicted octanol–water partition coefficient (Wildman–Crippen LogP) is 4.02. The third-order valence-electron chi connectivity index (χ3n) is 4.59. The molecular formula is C20H23N5. The van der Waals surface area contributed by atoms with Crippen molar-refractivity contribution < 1.29 is 0 Å². The maximum Gasteiger partial charge on any atom is 0.183 e. The smallest absolute Gasteiger partial charge is 0.183 e. The molecule has 0 saturated heterocycles. The van der Waals surface area contributed by atoms with Crippen LogP contribution in [-0.4, -0.2) is 26.4 Å². The fraction of sp³-hybridized carbons (Fsp3) is 0.300. The van der Waals surface area contributed by atoms with Gasteiger partial charge in [-0.05, 0) is 54.3 Å². The van der Waals surface area contributed by atoms with Crippen molar-refractivity contribution in [3.63, 3.8) is 0 Å². The third kappa shape index (κ3) is 3.36. The Morgan fingerprint density at radius 1 is 1.04 bits per heavy atom. The number of hydrogen-bond acceptors (Lipinski definition) is 4. The zero-order chi connectivity index (χ0) is 17.9. The Labute approximate surface area is 148 Å². The SMILES string of the molecule is CC[C@@](C)(N=Cc1ccccc1)c1nnnn1-c1c(C)cccc1C. The molecule has 0 unspecified atom stereocenters. The number of tetrazole rings is 1. The first-order valence-electron chi connectivity index (χ1n) is 8.51. The highest BCUT2D eigenvalue weighted by atomic mass is 15.6. The number of aromatic nitrogens is 4. The summed E-state index contributed by atoms with van der Waals surface area (Å²) in [5, 5.41) is 12.5. The van der Waals surface area contributed by atoms with Crippen LogP contribution in [0.5, 0.6) is 0 Å². The molecule has 5 heteroatoms. The van der Waals surface area contributed by atoms with Gasteiger partial charge in [-0.15, -0.1) is 5.10 Å². The quantitative estimate of drug-likeness (QED) is 0.663. The van der Waals surface area contributed by atoms with Gasteiger partial charge < -0.3 is 0 Å². The first-order valence-corrected chi connectivity index (χ1v) is 8.51. The van der Waals surface area contributed by atoms with Crippen LogP contribution < -0.4 is 0 Å². The second-order valence-electron chi connectivity index (χ2n) is 6.45. The maximum atomic E-state index is 4.84. The van der Waals surface area contributed by atoms with E-state index in [9.17, 15) is 0 Å². The van der Waals surface area contributed by atoms with Gasteiger partial charge in [-0.1, -0.05) is 55.5 Å². The third-order valence-corrected chi connectivity index (χ3v) is 4.59. The van der Waals surface area contributed by atoms with Crippen molar-refractivity contribution in [1.29, 1.82) is 0 Å². The van der Waals surface area contributed by atoms with E-state index in [0.29, 0.717) is 0 Å². The van der Waals surface area contributed by atoms with Gasteiger partial charge >= 0.3 is 0 Å². The highest BCUT2D eigenvalue weighted by molar-refractivity contribution is 5.79. The highest BCUT2D eigenvalue weighted by Crippen LogP contribution is 2.30. The van der Waals surface area contributed by atoms with E-state index >= 15 is 0 Å². The Kier molecular flexibility index (Phi) is 4.74. The lowest BCUT2D eigenvalue weighted by Crippen LogP contribution is -2.24. The molecule has 0 bridgehead atoms. The van der Waals surface area contributed by atoms with Crippen molar-refractivity contribution in [1.82, 2.24) is 20.2 Å². The topological polar surface area (TPSA) is 56.0 Å². The lowest BCUT2D eigenvalue weighted by atomic mass is 9.98. The van der Waals surface area contributed by atoms with Crippen LogP contribution >= 0.6 is 0 Å². The summed E-state index contributed by atoms with van der Waals surface area (Å²) in [6.07, 6.45) is 2.69. The van der Waals surface area contributed by atoms with Crippen molar-refractivity contribution >= 4 is 6.21 Å². The number of benzene rings is 2. The number of aryl methyl sites for hydroxylation is 2. The van der Waals surface area contributed by atoms with Crippen molar-refractivity contribution in [3.05, 3.63) is 71.0 Å². The van der Waals surface area contributed by atoms with Crippen LogP contribution in [0, 0.1) is 13.8 Å². The molecule has 0 aliphatic heterocycles. The summed E-state index contributed by atoms with van der Waals surface area (Å²) >= 11 is 0. The van der Waals surface area contributed by atoms with Gasteiger partial charge in [0.15, 0.2) is 5.82 Å². The Bertz CT molecular complexity index is 862. The standard InChI is InChI=1S/C20H23N5/c1-5-20(4,21-14-17-12-7-6-8-13-17)19-22-23-24-25(19)18-15(2)10-9-11-16(18)3/h6-14H,5H2,1-4H3/t20-/m1/s1. The van der Waals surface area contributed by atoms with Crippen molar-refractivity contribution in [3.8, 4) is 5.69 Å². The largest absolute Gasteiger partial charge is 0.278 e. The fourth-order valence-corrected chi connectivity index (χ4v) is 2.88. The van der Waals surface area contributed by atoms with Crippen LogP contribution in [0.25, 0.3) is 5.69 Å². The Morgan fingerprint density at radius 2 is 1.72 bits per heavy atom. The Morgan fingerprint density at radius 3 is 2.36 bits per heavy atom. The van der Waals surface area contributed by atoms with E-state index in [2.05, 4.69) is 55.4 Å². The zero-order valence-corrected chi connectivity index (χ0v) is 15.1. The molecule has 2 aromatic carbocycles. The summed E-state index contributed by atoms with van der Waals surface area (Å²) in [6, 6.07) is 16.3. The highest BCUT2D eigenvalue weighted by Gasteiger charge is 2.31. The first-order chi connectivity index (χ1) is 12.0. The normalized spacial score (nSPS) is 13.9. The van der Waals surface area contributed by atoms with Crippen LogP contribution in [0.3, 0.4) is 0 Å². The number of hydrogen-bond donors (Lipinski definition) is 0. The van der Waals surface area contributed by atoms with Gasteiger partial charge in [0.05, 0.1) is 5.69 Å². The summed E-state index contributed by atoms with van der Waals surface area (Å²) in [6.45, 7) is 8.32. The van der Waals surface area contributed by atoms with Gasteiger partial charge in [0.2, 0.25) is 0 Å². The summed E-state index contributed by atoms with van der Waals surface area (Å²) in [5.41, 5.74) is 3.86. The summed E-state index contributed by atoms with van der Waals surface area (Å²) in [5.74, 6) is 0.750. The Hall–Kier alpha value is -2.82. The van der Waals surface area contributed by atoms with Gasteiger partial charge in [0.1, 0.15) is 5.54 Å². The van der Waals surface area contributed by atoms with E-state index in [1.165, 1.54) is 0 Å². The lowest BCUT2D eigenvalue weighted by Gasteiger charge is -2.23. The number of nitrogens with zero attached hydrogens (tertiary/aromatic N) is 5. The molecule has 25 heavy (non-hydrogen) atoms. The minimum atomic E-state index is -0.506. The van der Waals surface area contributed by atoms with Gasteiger partial charge in [-0.3, -0.25) is 4.99 Å². The average Bonchev–Trinajstić information content (AvgIpc) is 3.10. The summed E-state index contributed by atoms with van der Waals surface area (Å²) in [4.78, 5) is 4.84. The van der Waals surface area contributed by atoms with E-state index in [1.54, 1.807) is 0 Å². The molecule has 0 spiro atoms. The molecule has 0 fully saturated rings. The van der Waals surface area contributed by atoms with Gasteiger partial charge in [-0.25, -0.2) is 0 Å². The predicted molar refractivity (Wildman–Crippen MR) is 100 cm³/mol. The number of para-hydroxylation sites is 1. The van der Waals surface area contributed by atoms with Crippen LogP contribution in [0.15, 0.2) is 53.5 Å². The lowest BCUT2D eigenvalue weighted by molar-refractivity contribution is 0.438. The van der Waals surface area contributed by atoms with Crippen molar-refractivity contribution in [2.75, 3.05) is 0 Å². The van der Waals surface area contributed by atoms with Crippen molar-refractivity contribution in [2.45, 2.75) is 39.7 Å². The number of rotatable bonds is 5. The molecule has 3 rings (SSSR count). The van der Waals surface area contributed by atoms with Crippen LogP contribution in [0.2, 0.25) is 0 Å². The molecule has 1 heterocycles. The van der Waals surface area contributed by atoms with Crippen molar-refractivity contribution in [2.24, 2.45) is 4.99 Å². The van der Waals surface area contributed by atoms with E-state index in [-0.39, 0.29) is 0 Å². The Balaban J connectivity index is 2.06. The van der Waals surface area contributed by atoms with Crippen LogP contribution in [0.4, 0.5) is 0 Å². The monoisotopic (exact) mass is 333 g/mol. The molecule has 0 saturated carbocycles.